The summed E-state index contributed by atoms with van der Waals surface area (Å²) in [6.07, 6.45) is 0. The number of hydrogen-bond acceptors (Lipinski definition) is 5. The van der Waals surface area contributed by atoms with E-state index in [1.165, 1.54) is 21.3 Å². The monoisotopic (exact) mass is 324 g/mol. The number of aryl methyl sites for hydroxylation is 2. The van der Waals surface area contributed by atoms with Gasteiger partial charge in [0.2, 0.25) is 0 Å². The summed E-state index contributed by atoms with van der Waals surface area (Å²) in [6, 6.07) is 9.65. The first-order chi connectivity index (χ1) is 11.5. The molecule has 0 radical (unpaired) electrons. The number of aromatic nitrogens is 2. The number of fused-ring (bicyclic) bond motifs is 2. The highest BCUT2D eigenvalue weighted by atomic mass is 16.4. The Bertz CT molecular complexity index is 1140. The second-order valence-corrected chi connectivity index (χ2v) is 5.55. The van der Waals surface area contributed by atoms with Crippen LogP contribution in [0.15, 0.2) is 54.8 Å². The lowest BCUT2D eigenvalue weighted by atomic mass is 10.0. The third-order valence-electron chi connectivity index (χ3n) is 4.11. The maximum absolute atomic E-state index is 12.7. The Hall–Kier alpha value is -3.35. The number of ketones is 1. The molecule has 4 aromatic rings. The fourth-order valence-electron chi connectivity index (χ4n) is 2.72. The van der Waals surface area contributed by atoms with Gasteiger partial charge in [0.05, 0.1) is 11.0 Å². The van der Waals surface area contributed by atoms with Crippen LogP contribution in [0.3, 0.4) is 0 Å². The summed E-state index contributed by atoms with van der Waals surface area (Å²) in [5.74, 6) is -1.22. The van der Waals surface area contributed by atoms with Gasteiger partial charge >= 0.3 is 11.5 Å². The lowest BCUT2D eigenvalue weighted by Gasteiger charge is -2.02. The zero-order valence-electron chi connectivity index (χ0n) is 12.9. The van der Waals surface area contributed by atoms with Gasteiger partial charge in [-0.15, -0.1) is 0 Å². The van der Waals surface area contributed by atoms with Gasteiger partial charge in [0.1, 0.15) is 0 Å². The van der Waals surface area contributed by atoms with Crippen LogP contribution >= 0.6 is 0 Å². The summed E-state index contributed by atoms with van der Waals surface area (Å²) < 4.78 is 13.0. The van der Waals surface area contributed by atoms with Crippen LogP contribution in [0.1, 0.15) is 15.9 Å². The molecule has 7 nitrogen and oxygen atoms in total. The molecule has 2 heterocycles. The third-order valence-corrected chi connectivity index (χ3v) is 4.11. The predicted octanol–water partition coefficient (Wildman–Crippen LogP) is 1.81. The van der Waals surface area contributed by atoms with Gasteiger partial charge in [0.15, 0.2) is 16.9 Å². The van der Waals surface area contributed by atoms with Crippen molar-refractivity contribution < 1.29 is 13.6 Å². The van der Waals surface area contributed by atoms with E-state index in [1.54, 1.807) is 38.4 Å². The fourth-order valence-corrected chi connectivity index (χ4v) is 2.72. The molecule has 0 aliphatic carbocycles. The first-order valence-electron chi connectivity index (χ1n) is 7.19. The van der Waals surface area contributed by atoms with Crippen molar-refractivity contribution in [3.05, 3.63) is 68.6 Å². The predicted molar refractivity (Wildman–Crippen MR) is 86.3 cm³/mol. The van der Waals surface area contributed by atoms with Crippen molar-refractivity contribution in [1.29, 1.82) is 0 Å². The average Bonchev–Trinajstić information content (AvgIpc) is 3.02. The van der Waals surface area contributed by atoms with E-state index < -0.39 is 11.5 Å². The Labute approximate surface area is 134 Å². The Morgan fingerprint density at radius 3 is 1.62 bits per heavy atom. The Morgan fingerprint density at radius 1 is 0.792 bits per heavy atom. The van der Waals surface area contributed by atoms with E-state index in [2.05, 4.69) is 0 Å². The minimum absolute atomic E-state index is 0.253. The zero-order valence-corrected chi connectivity index (χ0v) is 12.9. The molecule has 0 bridgehead atoms. The first kappa shape index (κ1) is 14.3. The van der Waals surface area contributed by atoms with E-state index in [-0.39, 0.29) is 5.78 Å². The molecular weight excluding hydrogens is 312 g/mol. The van der Waals surface area contributed by atoms with Gasteiger partial charge in [0, 0.05) is 25.2 Å². The molecule has 2 aromatic carbocycles. The molecule has 4 rings (SSSR count). The molecular formula is C17H12N2O5. The highest BCUT2D eigenvalue weighted by Crippen LogP contribution is 2.20. The normalized spacial score (nSPS) is 11.4. The number of benzene rings is 2. The number of carbonyl (C=O) groups excluding carboxylic acids is 1. The van der Waals surface area contributed by atoms with E-state index in [0.717, 1.165) is 0 Å². The molecule has 0 saturated carbocycles. The number of hydrogen-bond donors (Lipinski definition) is 0. The summed E-state index contributed by atoms with van der Waals surface area (Å²) in [5, 5.41) is 0. The Kier molecular flexibility index (Phi) is 2.86. The van der Waals surface area contributed by atoms with E-state index in [4.69, 9.17) is 8.83 Å². The molecule has 7 heteroatoms. The number of rotatable bonds is 2. The van der Waals surface area contributed by atoms with Crippen molar-refractivity contribution in [3.63, 3.8) is 0 Å². The van der Waals surface area contributed by atoms with Crippen LogP contribution in [-0.4, -0.2) is 14.9 Å². The minimum Gasteiger partial charge on any atom is -0.408 e. The largest absolute Gasteiger partial charge is 0.419 e. The lowest BCUT2D eigenvalue weighted by Crippen LogP contribution is -2.08. The summed E-state index contributed by atoms with van der Waals surface area (Å²) >= 11 is 0. The number of carbonyl (C=O) groups is 1. The van der Waals surface area contributed by atoms with Crippen LogP contribution in [0, 0.1) is 0 Å². The van der Waals surface area contributed by atoms with Gasteiger partial charge in [0.25, 0.3) is 0 Å². The first-order valence-corrected chi connectivity index (χ1v) is 7.19. The topological polar surface area (TPSA) is 87.3 Å². The van der Waals surface area contributed by atoms with Gasteiger partial charge < -0.3 is 8.83 Å². The van der Waals surface area contributed by atoms with Crippen molar-refractivity contribution in [1.82, 2.24) is 9.13 Å². The van der Waals surface area contributed by atoms with Crippen molar-refractivity contribution in [2.45, 2.75) is 0 Å². The van der Waals surface area contributed by atoms with Crippen LogP contribution in [0.4, 0.5) is 0 Å². The molecule has 0 aliphatic heterocycles. The van der Waals surface area contributed by atoms with Crippen LogP contribution in [-0.2, 0) is 14.1 Å². The SMILES string of the molecule is Cn1c(=O)oc2cc(C(=O)c3ccc4c(c3)oc(=O)n4C)ccc21. The summed E-state index contributed by atoms with van der Waals surface area (Å²) in [5.41, 5.74) is 2.69. The van der Waals surface area contributed by atoms with Gasteiger partial charge in [-0.25, -0.2) is 9.59 Å². The second-order valence-electron chi connectivity index (χ2n) is 5.55. The molecule has 0 aliphatic rings. The van der Waals surface area contributed by atoms with E-state index in [1.807, 2.05) is 0 Å². The van der Waals surface area contributed by atoms with E-state index in [0.29, 0.717) is 33.3 Å². The summed E-state index contributed by atoms with van der Waals surface area (Å²) in [4.78, 5) is 35.7. The van der Waals surface area contributed by atoms with Crippen LogP contribution in [0.2, 0.25) is 0 Å². The van der Waals surface area contributed by atoms with Gasteiger partial charge in [-0.3, -0.25) is 13.9 Å². The average molecular weight is 324 g/mol. The Balaban J connectivity index is 1.83. The Morgan fingerprint density at radius 2 is 1.21 bits per heavy atom. The molecule has 0 N–H and O–H groups in total. The standard InChI is InChI=1S/C17H12N2O5/c1-18-11-5-3-9(7-13(11)23-16(18)21)15(20)10-4-6-12-14(8-10)24-17(22)19(12)2/h3-8H,1-2H3. The number of oxazole rings is 2. The molecule has 0 unspecified atom stereocenters. The van der Waals surface area contributed by atoms with Crippen molar-refractivity contribution in [2.75, 3.05) is 0 Å². The second kappa shape index (κ2) is 4.82. The fraction of sp³-hybridized carbons (Fsp3) is 0.118. The van der Waals surface area contributed by atoms with Crippen molar-refractivity contribution >= 4 is 28.0 Å². The highest BCUT2D eigenvalue weighted by molar-refractivity contribution is 6.11. The smallest absolute Gasteiger partial charge is 0.408 e. The molecule has 0 spiro atoms. The maximum atomic E-state index is 12.7. The molecule has 0 atom stereocenters. The molecule has 24 heavy (non-hydrogen) atoms. The maximum Gasteiger partial charge on any atom is 0.419 e. The van der Waals surface area contributed by atoms with Gasteiger partial charge in [-0.1, -0.05) is 0 Å². The minimum atomic E-state index is -0.484. The quantitative estimate of drug-likeness (QED) is 0.525. The molecule has 120 valence electrons. The molecule has 2 aromatic heterocycles. The molecule has 0 amide bonds. The lowest BCUT2D eigenvalue weighted by molar-refractivity contribution is 0.103. The van der Waals surface area contributed by atoms with Gasteiger partial charge in [-0.2, -0.15) is 0 Å². The van der Waals surface area contributed by atoms with Crippen LogP contribution in [0.25, 0.3) is 22.2 Å². The van der Waals surface area contributed by atoms with Crippen LogP contribution < -0.4 is 11.5 Å². The highest BCUT2D eigenvalue weighted by Gasteiger charge is 2.15. The van der Waals surface area contributed by atoms with Crippen LogP contribution in [0.5, 0.6) is 0 Å². The zero-order chi connectivity index (χ0) is 17.0. The van der Waals surface area contributed by atoms with Gasteiger partial charge in [-0.05, 0) is 36.4 Å². The number of nitrogens with zero attached hydrogens (tertiary/aromatic N) is 2. The summed E-state index contributed by atoms with van der Waals surface area (Å²) in [7, 11) is 3.20. The molecule has 0 fully saturated rings. The molecule has 0 saturated heterocycles. The van der Waals surface area contributed by atoms with E-state index >= 15 is 0 Å². The van der Waals surface area contributed by atoms with Crippen molar-refractivity contribution in [3.8, 4) is 0 Å². The summed E-state index contributed by atoms with van der Waals surface area (Å²) in [6.45, 7) is 0. The van der Waals surface area contributed by atoms with E-state index in [9.17, 15) is 14.4 Å². The third kappa shape index (κ3) is 1.95. The van der Waals surface area contributed by atoms with Crippen molar-refractivity contribution in [2.24, 2.45) is 14.1 Å².